The molecule has 0 aliphatic heterocycles. The van der Waals surface area contributed by atoms with Crippen LogP contribution in [-0.4, -0.2) is 7.11 Å². The lowest BCUT2D eigenvalue weighted by Crippen LogP contribution is -1.96. The van der Waals surface area contributed by atoms with Gasteiger partial charge in [-0.1, -0.05) is 55.6 Å². The maximum Gasteiger partial charge on any atom is 0.133 e. The first-order chi connectivity index (χ1) is 9.02. The van der Waals surface area contributed by atoms with Crippen molar-refractivity contribution in [3.63, 3.8) is 0 Å². The SMILES string of the molecule is COc1ccc(C(Br)c2cc(C)ccc2Br)cc1Br. The van der Waals surface area contributed by atoms with E-state index in [9.17, 15) is 0 Å². The molecule has 0 aliphatic rings. The lowest BCUT2D eigenvalue weighted by atomic mass is 10.0. The van der Waals surface area contributed by atoms with Gasteiger partial charge in [0.25, 0.3) is 0 Å². The maximum absolute atomic E-state index is 5.26. The number of halogens is 3. The monoisotopic (exact) mass is 446 g/mol. The molecule has 1 unspecified atom stereocenters. The highest BCUT2D eigenvalue weighted by atomic mass is 79.9. The third-order valence-electron chi connectivity index (χ3n) is 2.89. The molecule has 0 radical (unpaired) electrons. The molecule has 4 heteroatoms. The molecule has 0 amide bonds. The van der Waals surface area contributed by atoms with Gasteiger partial charge < -0.3 is 4.74 Å². The second-order valence-electron chi connectivity index (χ2n) is 4.28. The zero-order chi connectivity index (χ0) is 14.0. The fourth-order valence-corrected chi connectivity index (χ4v) is 3.88. The predicted molar refractivity (Wildman–Crippen MR) is 90.3 cm³/mol. The lowest BCUT2D eigenvalue weighted by Gasteiger charge is -2.15. The summed E-state index contributed by atoms with van der Waals surface area (Å²) in [5.74, 6) is 0.840. The molecule has 100 valence electrons. The van der Waals surface area contributed by atoms with Crippen molar-refractivity contribution in [1.82, 2.24) is 0 Å². The minimum Gasteiger partial charge on any atom is -0.496 e. The van der Waals surface area contributed by atoms with Crippen LogP contribution in [0.1, 0.15) is 21.5 Å². The van der Waals surface area contributed by atoms with E-state index in [0.29, 0.717) is 0 Å². The van der Waals surface area contributed by atoms with Crippen LogP contribution in [0.4, 0.5) is 0 Å². The van der Waals surface area contributed by atoms with Crippen molar-refractivity contribution in [2.75, 3.05) is 7.11 Å². The van der Waals surface area contributed by atoms with E-state index in [4.69, 9.17) is 4.74 Å². The zero-order valence-corrected chi connectivity index (χ0v) is 15.3. The molecule has 0 bridgehead atoms. The summed E-state index contributed by atoms with van der Waals surface area (Å²) >= 11 is 10.9. The van der Waals surface area contributed by atoms with E-state index in [-0.39, 0.29) is 4.83 Å². The van der Waals surface area contributed by atoms with Crippen LogP contribution >= 0.6 is 47.8 Å². The number of methoxy groups -OCH3 is 1. The van der Waals surface area contributed by atoms with Crippen LogP contribution in [0.2, 0.25) is 0 Å². The molecule has 0 aliphatic carbocycles. The topological polar surface area (TPSA) is 9.23 Å². The first kappa shape index (κ1) is 15.1. The van der Waals surface area contributed by atoms with Crippen molar-refractivity contribution in [3.05, 3.63) is 62.0 Å². The molecule has 2 aromatic carbocycles. The molecule has 0 spiro atoms. The quantitative estimate of drug-likeness (QED) is 0.522. The van der Waals surface area contributed by atoms with E-state index in [0.717, 1.165) is 14.7 Å². The number of benzene rings is 2. The number of rotatable bonds is 3. The number of alkyl halides is 1. The Morgan fingerprint density at radius 3 is 2.37 bits per heavy atom. The molecule has 0 heterocycles. The van der Waals surface area contributed by atoms with Crippen molar-refractivity contribution in [2.24, 2.45) is 0 Å². The number of hydrogen-bond donors (Lipinski definition) is 0. The summed E-state index contributed by atoms with van der Waals surface area (Å²) in [6.45, 7) is 2.10. The Bertz CT molecular complexity index is 596. The average molecular weight is 449 g/mol. The number of hydrogen-bond acceptors (Lipinski definition) is 1. The Balaban J connectivity index is 2.41. The summed E-state index contributed by atoms with van der Waals surface area (Å²) in [6, 6.07) is 12.5. The normalized spacial score (nSPS) is 12.3. The molecule has 0 fully saturated rings. The van der Waals surface area contributed by atoms with Gasteiger partial charge in [0.1, 0.15) is 5.75 Å². The van der Waals surface area contributed by atoms with Crippen molar-refractivity contribution >= 4 is 47.8 Å². The summed E-state index contributed by atoms with van der Waals surface area (Å²) in [5.41, 5.74) is 3.64. The van der Waals surface area contributed by atoms with Crippen LogP contribution in [0.3, 0.4) is 0 Å². The third kappa shape index (κ3) is 3.41. The van der Waals surface area contributed by atoms with E-state index in [2.05, 4.69) is 85.0 Å². The second kappa shape index (κ2) is 6.42. The van der Waals surface area contributed by atoms with Gasteiger partial charge in [0, 0.05) is 4.47 Å². The Morgan fingerprint density at radius 2 is 1.74 bits per heavy atom. The van der Waals surface area contributed by atoms with Gasteiger partial charge in [0.05, 0.1) is 16.4 Å². The summed E-state index contributed by atoms with van der Waals surface area (Å²) in [4.78, 5) is 0.143. The molecule has 0 N–H and O–H groups in total. The van der Waals surface area contributed by atoms with E-state index < -0.39 is 0 Å². The number of ether oxygens (including phenoxy) is 1. The molecule has 0 saturated heterocycles. The van der Waals surface area contributed by atoms with E-state index in [1.807, 2.05) is 6.07 Å². The van der Waals surface area contributed by atoms with Crippen molar-refractivity contribution in [3.8, 4) is 5.75 Å². The molecule has 2 aromatic rings. The Hall–Kier alpha value is -0.320. The fourth-order valence-electron chi connectivity index (χ4n) is 1.88. The van der Waals surface area contributed by atoms with Crippen LogP contribution in [-0.2, 0) is 0 Å². The standard InChI is InChI=1S/C15H13Br3O/c1-9-3-5-12(16)11(7-9)15(18)10-4-6-14(19-2)13(17)8-10/h3-8,15H,1-2H3. The molecule has 1 nitrogen and oxygen atoms in total. The van der Waals surface area contributed by atoms with Gasteiger partial charge in [-0.3, -0.25) is 0 Å². The lowest BCUT2D eigenvalue weighted by molar-refractivity contribution is 0.412. The molecule has 0 aromatic heterocycles. The zero-order valence-electron chi connectivity index (χ0n) is 10.6. The highest BCUT2D eigenvalue weighted by Crippen LogP contribution is 2.38. The van der Waals surface area contributed by atoms with Crippen LogP contribution in [0.5, 0.6) is 5.75 Å². The highest BCUT2D eigenvalue weighted by Gasteiger charge is 2.15. The van der Waals surface area contributed by atoms with Gasteiger partial charge >= 0.3 is 0 Å². The van der Waals surface area contributed by atoms with Gasteiger partial charge in [-0.05, 0) is 52.2 Å². The molecular formula is C15H13Br3O. The minimum atomic E-state index is 0.143. The summed E-state index contributed by atoms with van der Waals surface area (Å²) in [5, 5.41) is 0. The predicted octanol–water partition coefficient (Wildman–Crippen LogP) is 6.01. The van der Waals surface area contributed by atoms with Crippen LogP contribution in [0.25, 0.3) is 0 Å². The van der Waals surface area contributed by atoms with Crippen LogP contribution in [0.15, 0.2) is 45.3 Å². The van der Waals surface area contributed by atoms with Crippen LogP contribution < -0.4 is 4.74 Å². The fraction of sp³-hybridized carbons (Fsp3) is 0.200. The van der Waals surface area contributed by atoms with Crippen molar-refractivity contribution in [2.45, 2.75) is 11.8 Å². The average Bonchev–Trinajstić information content (AvgIpc) is 2.40. The smallest absolute Gasteiger partial charge is 0.133 e. The van der Waals surface area contributed by atoms with Gasteiger partial charge in [0.2, 0.25) is 0 Å². The summed E-state index contributed by atoms with van der Waals surface area (Å²) < 4.78 is 7.32. The molecule has 2 rings (SSSR count). The van der Waals surface area contributed by atoms with E-state index in [1.54, 1.807) is 7.11 Å². The number of aryl methyl sites for hydroxylation is 1. The maximum atomic E-state index is 5.26. The van der Waals surface area contributed by atoms with Gasteiger partial charge in [-0.15, -0.1) is 0 Å². The first-order valence-electron chi connectivity index (χ1n) is 5.76. The van der Waals surface area contributed by atoms with Crippen molar-refractivity contribution < 1.29 is 4.74 Å². The van der Waals surface area contributed by atoms with Crippen molar-refractivity contribution in [1.29, 1.82) is 0 Å². The van der Waals surface area contributed by atoms with Gasteiger partial charge in [-0.2, -0.15) is 0 Å². The first-order valence-corrected chi connectivity index (χ1v) is 8.26. The Kier molecular flexibility index (Phi) is 5.09. The summed E-state index contributed by atoms with van der Waals surface area (Å²) in [6.07, 6.45) is 0. The minimum absolute atomic E-state index is 0.143. The largest absolute Gasteiger partial charge is 0.496 e. The molecule has 19 heavy (non-hydrogen) atoms. The molecule has 0 saturated carbocycles. The third-order valence-corrected chi connectivity index (χ3v) is 5.26. The van der Waals surface area contributed by atoms with Gasteiger partial charge in [-0.25, -0.2) is 0 Å². The molecular weight excluding hydrogens is 436 g/mol. The Labute approximate surface area is 138 Å². The second-order valence-corrected chi connectivity index (χ2v) is 6.91. The molecule has 1 atom stereocenters. The Morgan fingerprint density at radius 1 is 1.00 bits per heavy atom. The highest BCUT2D eigenvalue weighted by molar-refractivity contribution is 9.11. The van der Waals surface area contributed by atoms with E-state index >= 15 is 0 Å². The summed E-state index contributed by atoms with van der Waals surface area (Å²) in [7, 11) is 1.67. The van der Waals surface area contributed by atoms with Gasteiger partial charge in [0.15, 0.2) is 0 Å². The van der Waals surface area contributed by atoms with Crippen LogP contribution in [0, 0.1) is 6.92 Å². The van der Waals surface area contributed by atoms with E-state index in [1.165, 1.54) is 16.7 Å².